The Balaban J connectivity index is 1.81. The summed E-state index contributed by atoms with van der Waals surface area (Å²) in [4.78, 5) is 71.2. The topological polar surface area (TPSA) is 259 Å². The number of fused-ring (bicyclic) bond motifs is 1. The van der Waals surface area contributed by atoms with Crippen LogP contribution in [0.15, 0.2) is 35.5 Å². The van der Waals surface area contributed by atoms with Gasteiger partial charge in [0.25, 0.3) is 0 Å². The number of nitrogens with zero attached hydrogens (tertiary/aromatic N) is 2. The number of guanidine groups is 1. The molecular formula is C27H38N8O7. The maximum Gasteiger partial charge on any atom is 0.326 e. The number of aliphatic imine (C=N–C) groups is 1. The van der Waals surface area contributed by atoms with Crippen molar-refractivity contribution in [1.82, 2.24) is 20.5 Å². The number of amides is 3. The standard InChI is InChI=1S/C27H38N8O7/c28-17(6-3-11-31-27(29)30)23(38)33-19(9-10-22(36)37)24(39)34-20(25(40)35-12-4-8-21(35)26(41)42)13-15-14-32-18-7-2-1-5-16(15)18/h1-2,5,7,14,17,19-21,32H,3-4,6,8-13,28H2,(H,33,38)(H,34,39)(H,36,37)(H,41,42)(H4,29,30,31). The number of aromatic nitrogens is 1. The van der Waals surface area contributed by atoms with E-state index in [2.05, 4.69) is 20.6 Å². The van der Waals surface area contributed by atoms with Crippen LogP contribution in [-0.4, -0.2) is 93.0 Å². The van der Waals surface area contributed by atoms with Gasteiger partial charge in [-0.3, -0.25) is 24.2 Å². The number of hydrogen-bond donors (Lipinski definition) is 8. The molecule has 2 heterocycles. The summed E-state index contributed by atoms with van der Waals surface area (Å²) in [5, 5.41) is 24.8. The largest absolute Gasteiger partial charge is 0.481 e. The third kappa shape index (κ3) is 8.67. The summed E-state index contributed by atoms with van der Waals surface area (Å²) in [6, 6.07) is 2.82. The quantitative estimate of drug-likeness (QED) is 0.0717. The Morgan fingerprint density at radius 3 is 2.45 bits per heavy atom. The molecule has 0 radical (unpaired) electrons. The number of likely N-dealkylation sites (tertiary alicyclic amines) is 1. The zero-order valence-corrected chi connectivity index (χ0v) is 23.1. The number of aliphatic carboxylic acids is 2. The highest BCUT2D eigenvalue weighted by molar-refractivity contribution is 5.95. The molecule has 1 fully saturated rings. The number of aromatic amines is 1. The molecule has 1 saturated heterocycles. The Hall–Kier alpha value is -4.66. The number of para-hydroxylation sites is 1. The van der Waals surface area contributed by atoms with Gasteiger partial charge in [-0.2, -0.15) is 0 Å². The first-order valence-electron chi connectivity index (χ1n) is 13.7. The van der Waals surface area contributed by atoms with E-state index in [-0.39, 0.29) is 44.7 Å². The zero-order valence-electron chi connectivity index (χ0n) is 23.1. The molecular weight excluding hydrogens is 548 g/mol. The van der Waals surface area contributed by atoms with Gasteiger partial charge >= 0.3 is 11.9 Å². The lowest BCUT2D eigenvalue weighted by molar-refractivity contribution is -0.149. The van der Waals surface area contributed by atoms with E-state index < -0.39 is 60.2 Å². The fourth-order valence-electron chi connectivity index (χ4n) is 4.95. The van der Waals surface area contributed by atoms with Crippen molar-refractivity contribution in [3.05, 3.63) is 36.0 Å². The van der Waals surface area contributed by atoms with Crippen molar-refractivity contribution in [2.24, 2.45) is 22.2 Å². The van der Waals surface area contributed by atoms with Gasteiger partial charge in [-0.05, 0) is 43.7 Å². The Morgan fingerprint density at radius 1 is 1.05 bits per heavy atom. The number of benzene rings is 1. The number of hydrogen-bond acceptors (Lipinski definition) is 7. The van der Waals surface area contributed by atoms with Gasteiger partial charge in [0.05, 0.1) is 6.04 Å². The maximum absolute atomic E-state index is 13.7. The number of carbonyl (C=O) groups is 5. The first kappa shape index (κ1) is 31.9. The summed E-state index contributed by atoms with van der Waals surface area (Å²) in [7, 11) is 0. The van der Waals surface area contributed by atoms with E-state index in [0.717, 1.165) is 10.9 Å². The van der Waals surface area contributed by atoms with Gasteiger partial charge in [-0.25, -0.2) is 4.79 Å². The molecule has 2 aromatic rings. The summed E-state index contributed by atoms with van der Waals surface area (Å²) in [6.07, 6.45) is 2.41. The molecule has 3 amide bonds. The normalized spacial score (nSPS) is 16.8. The molecule has 228 valence electrons. The highest BCUT2D eigenvalue weighted by atomic mass is 16.4. The maximum atomic E-state index is 13.7. The number of carboxylic acid groups (broad SMARTS) is 2. The van der Waals surface area contributed by atoms with E-state index >= 15 is 0 Å². The molecule has 15 nitrogen and oxygen atoms in total. The lowest BCUT2D eigenvalue weighted by atomic mass is 10.0. The third-order valence-corrected chi connectivity index (χ3v) is 7.12. The monoisotopic (exact) mass is 586 g/mol. The molecule has 0 spiro atoms. The summed E-state index contributed by atoms with van der Waals surface area (Å²) < 4.78 is 0. The highest BCUT2D eigenvalue weighted by Gasteiger charge is 2.38. The van der Waals surface area contributed by atoms with Crippen LogP contribution in [0, 0.1) is 0 Å². The second kappa shape index (κ2) is 14.8. The number of nitrogens with two attached hydrogens (primary N) is 3. The SMILES string of the molecule is NC(N)=NCCCC(N)C(=O)NC(CCC(=O)O)C(=O)NC(Cc1c[nH]c2ccccc12)C(=O)N1CCCC1C(=O)O. The van der Waals surface area contributed by atoms with E-state index in [1.807, 2.05) is 24.3 Å². The second-order valence-corrected chi connectivity index (χ2v) is 10.2. The van der Waals surface area contributed by atoms with Gasteiger partial charge < -0.3 is 47.9 Å². The van der Waals surface area contributed by atoms with Crippen molar-refractivity contribution in [1.29, 1.82) is 0 Å². The Labute approximate surface area is 241 Å². The molecule has 3 rings (SSSR count). The van der Waals surface area contributed by atoms with Crippen LogP contribution >= 0.6 is 0 Å². The molecule has 0 saturated carbocycles. The molecule has 0 bridgehead atoms. The van der Waals surface area contributed by atoms with Gasteiger partial charge in [0.1, 0.15) is 18.1 Å². The van der Waals surface area contributed by atoms with Gasteiger partial charge in [-0.15, -0.1) is 0 Å². The highest BCUT2D eigenvalue weighted by Crippen LogP contribution is 2.23. The molecule has 4 unspecified atom stereocenters. The second-order valence-electron chi connectivity index (χ2n) is 10.2. The zero-order chi connectivity index (χ0) is 30.8. The van der Waals surface area contributed by atoms with Gasteiger partial charge in [-0.1, -0.05) is 18.2 Å². The minimum Gasteiger partial charge on any atom is -0.481 e. The molecule has 4 atom stereocenters. The number of rotatable bonds is 15. The van der Waals surface area contributed by atoms with Gasteiger partial charge in [0.2, 0.25) is 17.7 Å². The van der Waals surface area contributed by atoms with E-state index in [0.29, 0.717) is 18.4 Å². The lowest BCUT2D eigenvalue weighted by Gasteiger charge is -2.29. The van der Waals surface area contributed by atoms with Gasteiger partial charge in [0.15, 0.2) is 5.96 Å². The molecule has 42 heavy (non-hydrogen) atoms. The van der Waals surface area contributed by atoms with Crippen LogP contribution in [0.25, 0.3) is 10.9 Å². The van der Waals surface area contributed by atoms with Gasteiger partial charge in [0, 0.05) is 43.0 Å². The van der Waals surface area contributed by atoms with E-state index in [1.165, 1.54) is 4.90 Å². The molecule has 1 aliphatic rings. The summed E-state index contributed by atoms with van der Waals surface area (Å²) in [6.45, 7) is 0.460. The Kier molecular flexibility index (Phi) is 11.2. The van der Waals surface area contributed by atoms with Crippen LogP contribution in [0.2, 0.25) is 0 Å². The van der Waals surface area contributed by atoms with E-state index in [9.17, 15) is 34.2 Å². The molecule has 0 aliphatic carbocycles. The van der Waals surface area contributed by atoms with Crippen LogP contribution in [0.4, 0.5) is 0 Å². The number of nitrogens with one attached hydrogen (secondary N) is 3. The van der Waals surface area contributed by atoms with Crippen molar-refractivity contribution in [3.63, 3.8) is 0 Å². The molecule has 1 aromatic heterocycles. The van der Waals surface area contributed by atoms with E-state index in [4.69, 9.17) is 17.2 Å². The first-order chi connectivity index (χ1) is 20.0. The summed E-state index contributed by atoms with van der Waals surface area (Å²) >= 11 is 0. The minimum atomic E-state index is -1.32. The van der Waals surface area contributed by atoms with Crippen molar-refractivity contribution in [2.45, 2.75) is 69.1 Å². The number of H-pyrrole nitrogens is 1. The summed E-state index contributed by atoms with van der Waals surface area (Å²) in [5.41, 5.74) is 18.1. The molecule has 1 aliphatic heterocycles. The van der Waals surface area contributed by atoms with Crippen LogP contribution in [0.1, 0.15) is 44.1 Å². The van der Waals surface area contributed by atoms with Crippen LogP contribution in [0.5, 0.6) is 0 Å². The van der Waals surface area contributed by atoms with Crippen molar-refractivity contribution < 1.29 is 34.2 Å². The van der Waals surface area contributed by atoms with Crippen molar-refractivity contribution in [3.8, 4) is 0 Å². The van der Waals surface area contributed by atoms with Crippen LogP contribution < -0.4 is 27.8 Å². The third-order valence-electron chi connectivity index (χ3n) is 7.12. The number of carboxylic acids is 2. The fraction of sp³-hybridized carbons (Fsp3) is 0.481. The first-order valence-corrected chi connectivity index (χ1v) is 13.7. The van der Waals surface area contributed by atoms with Crippen molar-refractivity contribution >= 4 is 46.5 Å². The lowest BCUT2D eigenvalue weighted by Crippen LogP contribution is -2.57. The summed E-state index contributed by atoms with van der Waals surface area (Å²) in [5.74, 6) is -4.48. The number of carbonyl (C=O) groups excluding carboxylic acids is 3. The molecule has 1 aromatic carbocycles. The Bertz CT molecular complexity index is 1320. The Morgan fingerprint density at radius 2 is 1.76 bits per heavy atom. The average molecular weight is 587 g/mol. The van der Waals surface area contributed by atoms with Crippen LogP contribution in [0.3, 0.4) is 0 Å². The van der Waals surface area contributed by atoms with Crippen LogP contribution in [-0.2, 0) is 30.4 Å². The smallest absolute Gasteiger partial charge is 0.326 e. The average Bonchev–Trinajstić information content (AvgIpc) is 3.60. The predicted octanol–water partition coefficient (Wildman–Crippen LogP) is -0.999. The molecule has 11 N–H and O–H groups in total. The fourth-order valence-corrected chi connectivity index (χ4v) is 4.95. The van der Waals surface area contributed by atoms with E-state index in [1.54, 1.807) is 6.20 Å². The van der Waals surface area contributed by atoms with Crippen molar-refractivity contribution in [2.75, 3.05) is 13.1 Å². The molecule has 15 heteroatoms. The predicted molar refractivity (Wildman–Crippen MR) is 153 cm³/mol. The minimum absolute atomic E-state index is 0.0291.